The first-order valence-electron chi connectivity index (χ1n) is 13.6. The average molecular weight is 397 g/mol. The molecule has 0 radical (unpaired) electrons. The average Bonchev–Trinajstić information content (AvgIpc) is 3.47. The third-order valence-corrected chi connectivity index (χ3v) is 11.2. The molecule has 4 saturated carbocycles. The second kappa shape index (κ2) is 7.70. The Morgan fingerprint density at radius 2 is 1.72 bits per heavy atom. The van der Waals surface area contributed by atoms with E-state index in [0.29, 0.717) is 10.8 Å². The second-order valence-corrected chi connectivity index (χ2v) is 13.1. The van der Waals surface area contributed by atoms with Crippen LogP contribution in [0.25, 0.3) is 0 Å². The van der Waals surface area contributed by atoms with Gasteiger partial charge in [-0.2, -0.15) is 0 Å². The summed E-state index contributed by atoms with van der Waals surface area (Å²) in [5, 5.41) is 0. The summed E-state index contributed by atoms with van der Waals surface area (Å²) in [6, 6.07) is 0. The van der Waals surface area contributed by atoms with E-state index in [0.717, 1.165) is 41.4 Å². The van der Waals surface area contributed by atoms with Gasteiger partial charge in [-0.15, -0.1) is 0 Å². The van der Waals surface area contributed by atoms with Gasteiger partial charge in [0.2, 0.25) is 0 Å². The molecule has 7 unspecified atom stereocenters. The molecule has 164 valence electrons. The quantitative estimate of drug-likeness (QED) is 0.311. The van der Waals surface area contributed by atoms with Crippen LogP contribution in [0.15, 0.2) is 11.6 Å². The van der Waals surface area contributed by atoms with Gasteiger partial charge in [0.25, 0.3) is 0 Å². The predicted molar refractivity (Wildman–Crippen MR) is 125 cm³/mol. The summed E-state index contributed by atoms with van der Waals surface area (Å²) in [5.41, 5.74) is 3.17. The Morgan fingerprint density at radius 1 is 0.897 bits per heavy atom. The standard InChI is InChI=1S/C29H48/c1-20(2)7-5-6-8-23-12-14-26-25-13-11-24-19-22(21-9-10-21)15-17-29(24,4)27(25)16-18-28(23,26)3/h11,20-23,25-27H,5-10,12-19H2,1-4H3. The van der Waals surface area contributed by atoms with Gasteiger partial charge in [-0.1, -0.05) is 58.6 Å². The minimum absolute atomic E-state index is 0.574. The summed E-state index contributed by atoms with van der Waals surface area (Å²) in [5.74, 6) is 7.15. The Labute approximate surface area is 181 Å². The molecule has 0 aromatic carbocycles. The van der Waals surface area contributed by atoms with Gasteiger partial charge >= 0.3 is 0 Å². The van der Waals surface area contributed by atoms with Gasteiger partial charge in [-0.05, 0) is 123 Å². The van der Waals surface area contributed by atoms with Crippen LogP contribution in [0.2, 0.25) is 0 Å². The Bertz CT molecular complexity index is 624. The number of fused-ring (bicyclic) bond motifs is 5. The summed E-state index contributed by atoms with van der Waals surface area (Å²) in [4.78, 5) is 0. The van der Waals surface area contributed by atoms with Crippen molar-refractivity contribution in [2.75, 3.05) is 0 Å². The van der Waals surface area contributed by atoms with Crippen LogP contribution in [0.1, 0.15) is 118 Å². The van der Waals surface area contributed by atoms with E-state index in [1.165, 1.54) is 44.9 Å². The molecule has 0 saturated heterocycles. The molecule has 5 aliphatic rings. The van der Waals surface area contributed by atoms with Crippen LogP contribution in [-0.4, -0.2) is 0 Å². The van der Waals surface area contributed by atoms with E-state index in [9.17, 15) is 0 Å². The number of hydrogen-bond acceptors (Lipinski definition) is 0. The van der Waals surface area contributed by atoms with Crippen LogP contribution in [-0.2, 0) is 0 Å². The lowest BCUT2D eigenvalue weighted by atomic mass is 9.46. The highest BCUT2D eigenvalue weighted by atomic mass is 14.6. The second-order valence-electron chi connectivity index (χ2n) is 13.1. The lowest BCUT2D eigenvalue weighted by Gasteiger charge is -2.58. The van der Waals surface area contributed by atoms with Crippen molar-refractivity contribution in [1.29, 1.82) is 0 Å². The van der Waals surface area contributed by atoms with Gasteiger partial charge in [-0.25, -0.2) is 0 Å². The van der Waals surface area contributed by atoms with E-state index in [1.54, 1.807) is 44.9 Å². The lowest BCUT2D eigenvalue weighted by Crippen LogP contribution is -2.50. The van der Waals surface area contributed by atoms with Gasteiger partial charge in [0.15, 0.2) is 0 Å². The molecule has 0 bridgehead atoms. The van der Waals surface area contributed by atoms with Crippen molar-refractivity contribution in [2.45, 2.75) is 118 Å². The molecular formula is C29H48. The molecule has 0 aliphatic heterocycles. The van der Waals surface area contributed by atoms with Crippen molar-refractivity contribution in [3.63, 3.8) is 0 Å². The van der Waals surface area contributed by atoms with E-state index in [1.807, 2.05) is 5.57 Å². The predicted octanol–water partition coefficient (Wildman–Crippen LogP) is 8.81. The van der Waals surface area contributed by atoms with E-state index >= 15 is 0 Å². The molecule has 29 heavy (non-hydrogen) atoms. The molecule has 7 atom stereocenters. The van der Waals surface area contributed by atoms with Crippen LogP contribution in [0.5, 0.6) is 0 Å². The maximum atomic E-state index is 2.80. The Kier molecular flexibility index (Phi) is 5.48. The van der Waals surface area contributed by atoms with E-state index in [2.05, 4.69) is 33.8 Å². The fraction of sp³-hybridized carbons (Fsp3) is 0.931. The maximum Gasteiger partial charge on any atom is -0.00851 e. The summed E-state index contributed by atoms with van der Waals surface area (Å²) in [7, 11) is 0. The molecule has 0 spiro atoms. The number of hydrogen-bond donors (Lipinski definition) is 0. The van der Waals surface area contributed by atoms with Crippen molar-refractivity contribution < 1.29 is 0 Å². The summed E-state index contributed by atoms with van der Waals surface area (Å²) in [6.45, 7) is 10.2. The zero-order chi connectivity index (χ0) is 20.2. The highest BCUT2D eigenvalue weighted by Crippen LogP contribution is 2.67. The molecule has 0 nitrogen and oxygen atoms in total. The fourth-order valence-electron chi connectivity index (χ4n) is 9.19. The first kappa shape index (κ1) is 20.6. The van der Waals surface area contributed by atoms with Gasteiger partial charge in [0.05, 0.1) is 0 Å². The molecular weight excluding hydrogens is 348 g/mol. The molecule has 0 N–H and O–H groups in total. The van der Waals surface area contributed by atoms with Crippen molar-refractivity contribution in [2.24, 2.45) is 52.3 Å². The SMILES string of the molecule is CC(C)CCCCC1CCC2C3CC=C4CC(C5CC5)CCC4(C)C3CCC12C. The van der Waals surface area contributed by atoms with E-state index in [4.69, 9.17) is 0 Å². The molecule has 0 heteroatoms. The number of allylic oxidation sites excluding steroid dienone is 2. The van der Waals surface area contributed by atoms with Crippen molar-refractivity contribution in [1.82, 2.24) is 0 Å². The maximum absolute atomic E-state index is 2.80. The highest BCUT2D eigenvalue weighted by Gasteiger charge is 2.58. The highest BCUT2D eigenvalue weighted by molar-refractivity contribution is 5.25. The van der Waals surface area contributed by atoms with Crippen molar-refractivity contribution in [3.05, 3.63) is 11.6 Å². The number of rotatable bonds is 6. The van der Waals surface area contributed by atoms with Crippen molar-refractivity contribution >= 4 is 0 Å². The van der Waals surface area contributed by atoms with Gasteiger partial charge in [0, 0.05) is 0 Å². The van der Waals surface area contributed by atoms with Crippen LogP contribution in [0.3, 0.4) is 0 Å². The third kappa shape index (κ3) is 3.57. The molecule has 5 aliphatic carbocycles. The van der Waals surface area contributed by atoms with E-state index in [-0.39, 0.29) is 0 Å². The molecule has 0 heterocycles. The van der Waals surface area contributed by atoms with Crippen LogP contribution in [0, 0.1) is 52.3 Å². The molecule has 4 fully saturated rings. The molecule has 0 aromatic heterocycles. The fourth-order valence-corrected chi connectivity index (χ4v) is 9.19. The topological polar surface area (TPSA) is 0 Å². The molecule has 0 aromatic rings. The van der Waals surface area contributed by atoms with Crippen LogP contribution < -0.4 is 0 Å². The van der Waals surface area contributed by atoms with Gasteiger partial charge in [-0.3, -0.25) is 0 Å². The summed E-state index contributed by atoms with van der Waals surface area (Å²) < 4.78 is 0. The monoisotopic (exact) mass is 396 g/mol. The largest absolute Gasteiger partial charge is 0.0845 e. The molecule has 0 amide bonds. The minimum atomic E-state index is 0.574. The Morgan fingerprint density at radius 3 is 2.48 bits per heavy atom. The third-order valence-electron chi connectivity index (χ3n) is 11.2. The van der Waals surface area contributed by atoms with Gasteiger partial charge in [0.1, 0.15) is 0 Å². The zero-order valence-corrected chi connectivity index (χ0v) is 20.0. The summed E-state index contributed by atoms with van der Waals surface area (Å²) >= 11 is 0. The first-order chi connectivity index (χ1) is 13.9. The van der Waals surface area contributed by atoms with E-state index < -0.39 is 0 Å². The Balaban J connectivity index is 1.27. The van der Waals surface area contributed by atoms with Crippen molar-refractivity contribution in [3.8, 4) is 0 Å². The Hall–Kier alpha value is -0.260. The first-order valence-corrected chi connectivity index (χ1v) is 13.6. The number of unbranched alkanes of at least 4 members (excludes halogenated alkanes) is 1. The minimum Gasteiger partial charge on any atom is -0.0845 e. The zero-order valence-electron chi connectivity index (χ0n) is 20.0. The summed E-state index contributed by atoms with van der Waals surface area (Å²) in [6.07, 6.45) is 24.0. The van der Waals surface area contributed by atoms with Crippen LogP contribution in [0.4, 0.5) is 0 Å². The lowest BCUT2D eigenvalue weighted by molar-refractivity contribution is -0.0462. The van der Waals surface area contributed by atoms with Crippen LogP contribution >= 0.6 is 0 Å². The van der Waals surface area contributed by atoms with Gasteiger partial charge < -0.3 is 0 Å². The molecule has 5 rings (SSSR count). The smallest absolute Gasteiger partial charge is 0.00851 e. The normalized spacial score (nSPS) is 46.8.